The highest BCUT2D eigenvalue weighted by molar-refractivity contribution is 8.18. The second-order valence-corrected chi connectivity index (χ2v) is 6.82. The number of hydrogen-bond donors (Lipinski definition) is 2. The van der Waals surface area contributed by atoms with Crippen LogP contribution in [0.2, 0.25) is 0 Å². The molecule has 0 atom stereocenters. The molecule has 6 nitrogen and oxygen atoms in total. The minimum atomic E-state index is -4.60. The molecule has 29 heavy (non-hydrogen) atoms. The number of carbonyl (C=O) groups is 3. The van der Waals surface area contributed by atoms with Crippen LogP contribution in [0.3, 0.4) is 0 Å². The summed E-state index contributed by atoms with van der Waals surface area (Å²) in [6, 6.07) is 11.0. The van der Waals surface area contributed by atoms with Gasteiger partial charge in [-0.05, 0) is 47.7 Å². The summed E-state index contributed by atoms with van der Waals surface area (Å²) in [6.45, 7) is -0.514. The van der Waals surface area contributed by atoms with Crippen molar-refractivity contribution in [2.45, 2.75) is 6.18 Å². The van der Waals surface area contributed by atoms with E-state index in [4.69, 9.17) is 4.74 Å². The van der Waals surface area contributed by atoms with Gasteiger partial charge >= 0.3 is 6.18 Å². The maximum Gasteiger partial charge on any atom is 0.418 e. The van der Waals surface area contributed by atoms with Gasteiger partial charge in [0, 0.05) is 0 Å². The van der Waals surface area contributed by atoms with Gasteiger partial charge < -0.3 is 10.1 Å². The smallest absolute Gasteiger partial charge is 0.418 e. The molecule has 2 aromatic rings. The minimum Gasteiger partial charge on any atom is -0.484 e. The van der Waals surface area contributed by atoms with E-state index in [1.54, 1.807) is 18.2 Å². The summed E-state index contributed by atoms with van der Waals surface area (Å²) < 4.78 is 44.2. The van der Waals surface area contributed by atoms with E-state index in [-0.39, 0.29) is 16.3 Å². The van der Waals surface area contributed by atoms with E-state index in [1.165, 1.54) is 24.3 Å². The van der Waals surface area contributed by atoms with Gasteiger partial charge in [0.15, 0.2) is 6.61 Å². The lowest BCUT2D eigenvalue weighted by Crippen LogP contribution is -2.22. The molecule has 1 saturated heterocycles. The van der Waals surface area contributed by atoms with Gasteiger partial charge in [-0.3, -0.25) is 19.7 Å². The van der Waals surface area contributed by atoms with Crippen molar-refractivity contribution in [3.63, 3.8) is 0 Å². The van der Waals surface area contributed by atoms with E-state index in [0.717, 1.165) is 23.9 Å². The molecule has 150 valence electrons. The molecule has 1 aliphatic heterocycles. The number of imide groups is 1. The standard InChI is InChI=1S/C19H13F3N2O4S/c20-19(21,22)13-6-1-2-7-14(13)23-16(25)10-28-12-5-3-4-11(8-12)9-15-17(26)24-18(27)29-15/h1-9H,10H2,(H,23,25)(H,24,26,27)/b15-9-. The number of hydrogen-bond acceptors (Lipinski definition) is 5. The fourth-order valence-electron chi connectivity index (χ4n) is 2.44. The largest absolute Gasteiger partial charge is 0.484 e. The van der Waals surface area contributed by atoms with E-state index >= 15 is 0 Å². The number of thioether (sulfide) groups is 1. The van der Waals surface area contributed by atoms with E-state index in [1.807, 2.05) is 0 Å². The number of amides is 3. The third-order valence-electron chi connectivity index (χ3n) is 3.67. The van der Waals surface area contributed by atoms with Gasteiger partial charge in [0.2, 0.25) is 0 Å². The number of benzene rings is 2. The highest BCUT2D eigenvalue weighted by atomic mass is 32.2. The number of ether oxygens (including phenoxy) is 1. The van der Waals surface area contributed by atoms with Crippen LogP contribution in [0.25, 0.3) is 6.08 Å². The van der Waals surface area contributed by atoms with Crippen molar-refractivity contribution in [2.24, 2.45) is 0 Å². The summed E-state index contributed by atoms with van der Waals surface area (Å²) in [6.07, 6.45) is -3.12. The molecule has 2 N–H and O–H groups in total. The van der Waals surface area contributed by atoms with Gasteiger partial charge in [-0.15, -0.1) is 0 Å². The molecule has 1 aliphatic rings. The van der Waals surface area contributed by atoms with Crippen molar-refractivity contribution >= 4 is 40.6 Å². The van der Waals surface area contributed by atoms with Crippen molar-refractivity contribution in [1.82, 2.24) is 5.32 Å². The Bertz CT molecular complexity index is 1000. The molecular weight excluding hydrogens is 409 g/mol. The SMILES string of the molecule is O=C(COc1cccc(/C=C2\SC(=O)NC2=O)c1)Nc1ccccc1C(F)(F)F. The molecule has 0 saturated carbocycles. The van der Waals surface area contributed by atoms with E-state index < -0.39 is 35.4 Å². The Hall–Kier alpha value is -3.27. The molecule has 0 bridgehead atoms. The predicted octanol–water partition coefficient (Wildman–Crippen LogP) is 4.05. The molecule has 3 rings (SSSR count). The number of halogens is 3. The maximum absolute atomic E-state index is 13.0. The molecule has 0 aromatic heterocycles. The van der Waals surface area contributed by atoms with Gasteiger partial charge in [-0.25, -0.2) is 0 Å². The zero-order valence-electron chi connectivity index (χ0n) is 14.6. The quantitative estimate of drug-likeness (QED) is 0.711. The van der Waals surface area contributed by atoms with E-state index in [9.17, 15) is 27.6 Å². The number of carbonyl (C=O) groups excluding carboxylic acids is 3. The lowest BCUT2D eigenvalue weighted by Gasteiger charge is -2.14. The van der Waals surface area contributed by atoms with Crippen LogP contribution in [-0.4, -0.2) is 23.7 Å². The normalized spacial score (nSPS) is 15.3. The highest BCUT2D eigenvalue weighted by Gasteiger charge is 2.33. The third-order valence-corrected chi connectivity index (χ3v) is 4.48. The van der Waals surface area contributed by atoms with Crippen LogP contribution < -0.4 is 15.4 Å². The zero-order chi connectivity index (χ0) is 21.0. The fraction of sp³-hybridized carbons (Fsp3) is 0.105. The van der Waals surface area contributed by atoms with Gasteiger partial charge in [-0.2, -0.15) is 13.2 Å². The first-order valence-electron chi connectivity index (χ1n) is 8.16. The first-order valence-corrected chi connectivity index (χ1v) is 8.98. The molecular formula is C19H13F3N2O4S. The Labute approximate surface area is 167 Å². The lowest BCUT2D eigenvalue weighted by molar-refractivity contribution is -0.137. The molecule has 10 heteroatoms. The zero-order valence-corrected chi connectivity index (χ0v) is 15.4. The summed E-state index contributed by atoms with van der Waals surface area (Å²) in [5.74, 6) is -0.996. The predicted molar refractivity (Wildman–Crippen MR) is 101 cm³/mol. The average molecular weight is 422 g/mol. The Morgan fingerprint density at radius 3 is 2.59 bits per heavy atom. The number of nitrogens with one attached hydrogen (secondary N) is 2. The van der Waals surface area contributed by atoms with Crippen molar-refractivity contribution in [1.29, 1.82) is 0 Å². The summed E-state index contributed by atoms with van der Waals surface area (Å²) >= 11 is 0.762. The van der Waals surface area contributed by atoms with E-state index in [2.05, 4.69) is 10.6 Å². The van der Waals surface area contributed by atoms with Crippen LogP contribution in [0.1, 0.15) is 11.1 Å². The van der Waals surface area contributed by atoms with Crippen LogP contribution in [0.15, 0.2) is 53.4 Å². The topological polar surface area (TPSA) is 84.5 Å². The molecule has 0 spiro atoms. The maximum atomic E-state index is 13.0. The van der Waals surface area contributed by atoms with Crippen molar-refractivity contribution in [3.8, 4) is 5.75 Å². The molecule has 1 fully saturated rings. The van der Waals surface area contributed by atoms with Crippen LogP contribution in [0.5, 0.6) is 5.75 Å². The summed E-state index contributed by atoms with van der Waals surface area (Å²) in [5.41, 5.74) is -0.762. The lowest BCUT2D eigenvalue weighted by atomic mass is 10.1. The molecule has 1 heterocycles. The number of alkyl halides is 3. The summed E-state index contributed by atoms with van der Waals surface area (Å²) in [5, 5.41) is 3.85. The van der Waals surface area contributed by atoms with Crippen LogP contribution >= 0.6 is 11.8 Å². The Kier molecular flexibility index (Phi) is 5.92. The van der Waals surface area contributed by atoms with Crippen LogP contribution in [0, 0.1) is 0 Å². The van der Waals surface area contributed by atoms with E-state index in [0.29, 0.717) is 5.56 Å². The minimum absolute atomic E-state index is 0.216. The first kappa shape index (κ1) is 20.5. The van der Waals surface area contributed by atoms with Crippen molar-refractivity contribution < 1.29 is 32.3 Å². The second-order valence-electron chi connectivity index (χ2n) is 5.80. The Morgan fingerprint density at radius 2 is 1.90 bits per heavy atom. The van der Waals surface area contributed by atoms with Crippen molar-refractivity contribution in [3.05, 3.63) is 64.6 Å². The Balaban J connectivity index is 1.64. The molecule has 0 aliphatic carbocycles. The summed E-state index contributed by atoms with van der Waals surface area (Å²) in [7, 11) is 0. The summed E-state index contributed by atoms with van der Waals surface area (Å²) in [4.78, 5) is 35.0. The van der Waals surface area contributed by atoms with Crippen molar-refractivity contribution in [2.75, 3.05) is 11.9 Å². The first-order chi connectivity index (χ1) is 13.7. The van der Waals surface area contributed by atoms with Gasteiger partial charge in [0.25, 0.3) is 17.1 Å². The number of anilines is 1. The molecule has 0 unspecified atom stereocenters. The number of para-hydroxylation sites is 1. The van der Waals surface area contributed by atoms with Gasteiger partial charge in [0.1, 0.15) is 5.75 Å². The molecule has 0 radical (unpaired) electrons. The third kappa shape index (κ3) is 5.38. The number of rotatable bonds is 5. The van der Waals surface area contributed by atoms with Crippen LogP contribution in [-0.2, 0) is 15.8 Å². The molecule has 2 aromatic carbocycles. The second kappa shape index (κ2) is 8.39. The van der Waals surface area contributed by atoms with Crippen LogP contribution in [0.4, 0.5) is 23.7 Å². The van der Waals surface area contributed by atoms with Gasteiger partial charge in [0.05, 0.1) is 16.2 Å². The fourth-order valence-corrected chi connectivity index (χ4v) is 3.12. The Morgan fingerprint density at radius 1 is 1.14 bits per heavy atom. The average Bonchev–Trinajstić information content (AvgIpc) is 2.97. The van der Waals surface area contributed by atoms with Gasteiger partial charge in [-0.1, -0.05) is 24.3 Å². The monoisotopic (exact) mass is 422 g/mol. The highest BCUT2D eigenvalue weighted by Crippen LogP contribution is 2.34. The molecule has 3 amide bonds.